The zero-order valence-corrected chi connectivity index (χ0v) is 31.3. The molecular weight excluding hydrogens is 780 g/mol. The number of carbonyl (C=O) groups is 2. The number of phosphoric ester groups is 1. The van der Waals surface area contributed by atoms with Crippen LogP contribution in [0.1, 0.15) is 30.4 Å². The van der Waals surface area contributed by atoms with E-state index in [9.17, 15) is 14.2 Å². The molecule has 0 spiro atoms. The Morgan fingerprint density at radius 2 is 1.19 bits per heavy atom. The van der Waals surface area contributed by atoms with E-state index < -0.39 is 25.2 Å². The molecule has 0 aromatic heterocycles. The van der Waals surface area contributed by atoms with Crippen LogP contribution in [0.2, 0.25) is 0 Å². The molecule has 228 valence electrons. The van der Waals surface area contributed by atoms with Crippen molar-refractivity contribution in [2.75, 3.05) is 28.4 Å². The van der Waals surface area contributed by atoms with Gasteiger partial charge < -0.3 is 46.0 Å². The third-order valence-electron chi connectivity index (χ3n) is 5.59. The molecule has 0 unspecified atom stereocenters. The summed E-state index contributed by atoms with van der Waals surface area (Å²) in [5, 5.41) is 16.9. The molecule has 3 rings (SSSR count). The van der Waals surface area contributed by atoms with Gasteiger partial charge in [0, 0.05) is 59.1 Å². The van der Waals surface area contributed by atoms with Crippen LogP contribution in [-0.4, -0.2) is 119 Å². The Hall–Kier alpha value is -1.12. The molecule has 0 amide bonds. The number of rotatable bonds is 10. The van der Waals surface area contributed by atoms with Gasteiger partial charge in [-0.25, -0.2) is 4.57 Å². The van der Waals surface area contributed by atoms with E-state index in [4.69, 9.17) is 38.9 Å². The van der Waals surface area contributed by atoms with Gasteiger partial charge in [0.15, 0.2) is 28.4 Å². The van der Waals surface area contributed by atoms with Crippen LogP contribution in [0.5, 0.6) is 28.7 Å². The molecule has 1 fully saturated rings. The molecule has 0 bridgehead atoms. The summed E-state index contributed by atoms with van der Waals surface area (Å²) in [5.41, 5.74) is -0.0224. The van der Waals surface area contributed by atoms with E-state index in [0.717, 1.165) is 5.56 Å². The van der Waals surface area contributed by atoms with Gasteiger partial charge in [-0.3, -0.25) is 19.4 Å². The number of hydrogen-bond donors (Lipinski definition) is 4. The number of carboxylic acid groups (broad SMARTS) is 2. The van der Waals surface area contributed by atoms with Gasteiger partial charge in [0.2, 0.25) is 5.75 Å². The fourth-order valence-corrected chi connectivity index (χ4v) is 3.83. The zero-order chi connectivity index (χ0) is 27.8. The van der Waals surface area contributed by atoms with Gasteiger partial charge in [0.25, 0.3) is 0 Å². The Morgan fingerprint density at radius 3 is 1.50 bits per heavy atom. The maximum Gasteiger partial charge on any atom is 2.00 e. The summed E-state index contributed by atoms with van der Waals surface area (Å²) in [4.78, 5) is 38.8. The number of methoxy groups -OCH3 is 4. The van der Waals surface area contributed by atoms with Crippen molar-refractivity contribution in [3.05, 3.63) is 53.8 Å². The van der Waals surface area contributed by atoms with E-state index >= 15 is 0 Å². The van der Waals surface area contributed by atoms with Crippen LogP contribution in [0.25, 0.3) is 24.5 Å². The minimum Gasteiger partial charge on any atom is -0.693 e. The van der Waals surface area contributed by atoms with Gasteiger partial charge in [-0.1, -0.05) is 18.2 Å². The average molecular weight is 814 g/mol. The molecule has 1 saturated carbocycles. The molecule has 2 aromatic carbocycles. The van der Waals surface area contributed by atoms with E-state index in [1.807, 2.05) is 0 Å². The Kier molecular flexibility index (Phi) is 24.5. The monoisotopic (exact) mass is 813 g/mol. The number of phosphoric acid groups is 1. The van der Waals surface area contributed by atoms with Crippen LogP contribution in [0.4, 0.5) is 0 Å². The number of aliphatic carboxylic acids is 2. The standard InChI is InChI=1S/C18H21O8P.C6H8O4.2H2N.2Na.Pt/c1-22-14-8-7-12(9-15(14)26-27(19,20)21)5-6-13-10-16(23-2)18(25-4)17(11-13)24-3;7-4(8)6(5(9)10)2-1-3-6;;;;;/h5-11H,1-4H3,(H2,19,20,21);1-3H2,(H,7,8)(H,9,10);2*1H2;;;/q;;2*-1;;;+2/b6-5-;;;;;;. The van der Waals surface area contributed by atoms with Crippen molar-refractivity contribution in [2.24, 2.45) is 5.41 Å². The Morgan fingerprint density at radius 1 is 0.762 bits per heavy atom. The first-order chi connectivity index (χ1) is 17.4. The van der Waals surface area contributed by atoms with Crippen molar-refractivity contribution < 1.29 is 78.7 Å². The van der Waals surface area contributed by atoms with Crippen molar-refractivity contribution in [1.82, 2.24) is 0 Å². The number of carboxylic acids is 2. The largest absolute Gasteiger partial charge is 2.00 e. The van der Waals surface area contributed by atoms with Crippen molar-refractivity contribution in [1.29, 1.82) is 0 Å². The molecule has 14 nitrogen and oxygen atoms in total. The summed E-state index contributed by atoms with van der Waals surface area (Å²) in [5.74, 6) is -0.744. The van der Waals surface area contributed by atoms with Crippen molar-refractivity contribution in [3.63, 3.8) is 0 Å². The smallest absolute Gasteiger partial charge is 0.693 e. The number of ether oxygens (including phenoxy) is 4. The molecule has 42 heavy (non-hydrogen) atoms. The molecule has 0 aliphatic heterocycles. The van der Waals surface area contributed by atoms with Crippen LogP contribution in [0.15, 0.2) is 30.3 Å². The van der Waals surface area contributed by atoms with Crippen molar-refractivity contribution in [3.8, 4) is 28.7 Å². The third-order valence-corrected chi connectivity index (χ3v) is 6.02. The maximum atomic E-state index is 11.1. The molecule has 0 heterocycles. The molecule has 18 heteroatoms. The third kappa shape index (κ3) is 12.9. The molecule has 2 aromatic rings. The average Bonchev–Trinajstić information content (AvgIpc) is 2.80. The maximum absolute atomic E-state index is 11.1. The van der Waals surface area contributed by atoms with Gasteiger partial charge in [0.05, 0.1) is 28.4 Å². The fourth-order valence-electron chi connectivity index (χ4n) is 3.44. The van der Waals surface area contributed by atoms with E-state index in [-0.39, 0.29) is 117 Å². The summed E-state index contributed by atoms with van der Waals surface area (Å²) < 4.78 is 36.8. The molecule has 2 radical (unpaired) electrons. The van der Waals surface area contributed by atoms with Gasteiger partial charge in [-0.2, -0.15) is 0 Å². The van der Waals surface area contributed by atoms with Gasteiger partial charge in [0.1, 0.15) is 0 Å². The molecule has 1 aliphatic carbocycles. The topological polar surface area (TPSA) is 245 Å². The summed E-state index contributed by atoms with van der Waals surface area (Å²) in [6.45, 7) is 0. The summed E-state index contributed by atoms with van der Waals surface area (Å²) >= 11 is 0. The minimum absolute atomic E-state index is 0. The second-order valence-electron chi connectivity index (χ2n) is 7.83. The van der Waals surface area contributed by atoms with Gasteiger partial charge >= 0.3 is 40.8 Å². The Labute approximate surface area is 302 Å². The van der Waals surface area contributed by atoms with E-state index in [1.165, 1.54) is 34.5 Å². The first-order valence-electron chi connectivity index (χ1n) is 10.8. The Balaban J connectivity index is -0.000000414. The van der Waals surface area contributed by atoms with Crippen molar-refractivity contribution >= 4 is 91.0 Å². The van der Waals surface area contributed by atoms with E-state index in [1.54, 1.807) is 36.4 Å². The SMILES string of the molecule is COc1ccc(/C=C\c2cc(OC)c(OC)c(OC)c2)cc1OP(=O)(O)O.O=C(O)C1(C(=O)O)CCC1.[NH2-].[NH2-].[Na].[Na].[Pt+2]. The van der Waals surface area contributed by atoms with Crippen molar-refractivity contribution in [2.45, 2.75) is 19.3 Å². The summed E-state index contributed by atoms with van der Waals surface area (Å²) in [7, 11) is 1.26. The fraction of sp³-hybridized carbons (Fsp3) is 0.333. The van der Waals surface area contributed by atoms with Crippen LogP contribution < -0.4 is 23.5 Å². The first-order valence-corrected chi connectivity index (χ1v) is 12.3. The molecule has 1 aliphatic rings. The number of benzene rings is 2. The number of hydrogen-bond acceptors (Lipinski definition) is 8. The Bertz CT molecular complexity index is 1180. The second-order valence-corrected chi connectivity index (χ2v) is 8.99. The molecule has 0 saturated heterocycles. The van der Waals surface area contributed by atoms with Crippen LogP contribution in [0, 0.1) is 5.41 Å². The second kappa shape index (κ2) is 21.6. The van der Waals surface area contributed by atoms with Crippen LogP contribution in [0.3, 0.4) is 0 Å². The predicted octanol–water partition coefficient (Wildman–Crippen LogP) is 4.36. The van der Waals surface area contributed by atoms with Gasteiger partial charge in [-0.05, 0) is 54.7 Å². The van der Waals surface area contributed by atoms with Crippen LogP contribution in [-0.2, 0) is 35.2 Å². The zero-order valence-electron chi connectivity index (χ0n) is 24.1. The van der Waals surface area contributed by atoms with E-state index in [0.29, 0.717) is 29.2 Å². The molecule has 0 atom stereocenters. The first kappa shape index (κ1) is 47.8. The number of nitrogens with two attached hydrogens (primary N) is 2. The van der Waals surface area contributed by atoms with E-state index in [2.05, 4.69) is 4.52 Å². The summed E-state index contributed by atoms with van der Waals surface area (Å²) in [6.07, 6.45) is 4.79. The predicted molar refractivity (Wildman–Crippen MR) is 154 cm³/mol. The summed E-state index contributed by atoms with van der Waals surface area (Å²) in [6, 6.07) is 8.29. The normalized spacial score (nSPS) is 12.3. The van der Waals surface area contributed by atoms with Crippen LogP contribution >= 0.6 is 7.82 Å². The quantitative estimate of drug-likeness (QED) is 0.113. The molecule has 8 N–H and O–H groups in total. The van der Waals surface area contributed by atoms with Gasteiger partial charge in [-0.15, -0.1) is 0 Å². The minimum atomic E-state index is -4.71. The molecular formula is C24H33N2Na2O12PPt.